The number of esters is 1. The Hall–Kier alpha value is -3.22. The van der Waals surface area contributed by atoms with E-state index in [9.17, 15) is 4.79 Å². The molecule has 4 heteroatoms. The molecular weight excluding hydrogens is 394 g/mol. The van der Waals surface area contributed by atoms with Gasteiger partial charge >= 0.3 is 5.97 Å². The smallest absolute Gasteiger partial charge is 0.315 e. The van der Waals surface area contributed by atoms with Crippen LogP contribution in [0.1, 0.15) is 37.0 Å². The van der Waals surface area contributed by atoms with E-state index in [0.717, 1.165) is 22.5 Å². The largest absolute Gasteiger partial charge is 0.444 e. The maximum Gasteiger partial charge on any atom is 0.315 e. The minimum atomic E-state index is -0.774. The monoisotopic (exact) mass is 417 g/mol. The second-order valence-electron chi connectivity index (χ2n) is 7.37. The van der Waals surface area contributed by atoms with Gasteiger partial charge in [0.2, 0.25) is 0 Å². The number of hydrogen-bond donors (Lipinski definition) is 1. The summed E-state index contributed by atoms with van der Waals surface area (Å²) in [6, 6.07) is 24.7. The highest BCUT2D eigenvalue weighted by atomic mass is 35.5. The zero-order chi connectivity index (χ0) is 21.5. The molecule has 3 aromatic carbocycles. The highest BCUT2D eigenvalue weighted by molar-refractivity contribution is 6.30. The van der Waals surface area contributed by atoms with Gasteiger partial charge in [-0.2, -0.15) is 0 Å². The molecule has 3 rings (SSSR count). The van der Waals surface area contributed by atoms with Crippen LogP contribution in [0.25, 0.3) is 0 Å². The lowest BCUT2D eigenvalue weighted by Gasteiger charge is -2.22. The van der Waals surface area contributed by atoms with Crippen LogP contribution >= 0.6 is 11.6 Å². The van der Waals surface area contributed by atoms with Gasteiger partial charge in [-0.15, -0.1) is 6.42 Å². The first-order valence-corrected chi connectivity index (χ1v) is 10.2. The van der Waals surface area contributed by atoms with E-state index in [1.807, 2.05) is 80.6 Å². The summed E-state index contributed by atoms with van der Waals surface area (Å²) in [6.07, 6.45) is 4.95. The molecule has 3 aromatic rings. The number of halogens is 1. The molecule has 0 heterocycles. The van der Waals surface area contributed by atoms with Crippen LogP contribution in [-0.2, 0) is 9.53 Å². The van der Waals surface area contributed by atoms with Gasteiger partial charge in [-0.1, -0.05) is 73.8 Å². The van der Waals surface area contributed by atoms with Crippen molar-refractivity contribution >= 4 is 28.9 Å². The Morgan fingerprint density at radius 3 is 2.23 bits per heavy atom. The zero-order valence-corrected chi connectivity index (χ0v) is 17.8. The fraction of sp³-hybridized carbons (Fsp3) is 0.192. The second-order valence-corrected chi connectivity index (χ2v) is 7.81. The molecule has 0 amide bonds. The fourth-order valence-electron chi connectivity index (χ4n) is 3.32. The van der Waals surface area contributed by atoms with E-state index in [0.29, 0.717) is 5.02 Å². The molecule has 0 bridgehead atoms. The van der Waals surface area contributed by atoms with E-state index in [1.54, 1.807) is 12.1 Å². The minimum absolute atomic E-state index is 0.0446. The Bertz CT molecular complexity index is 1020. The molecule has 0 radical (unpaired) electrons. The number of anilines is 2. The Morgan fingerprint density at radius 2 is 1.60 bits per heavy atom. The van der Waals surface area contributed by atoms with Gasteiger partial charge < -0.3 is 10.1 Å². The Kier molecular flexibility index (Phi) is 7.17. The van der Waals surface area contributed by atoms with Crippen molar-refractivity contribution in [1.29, 1.82) is 0 Å². The van der Waals surface area contributed by atoms with Crippen LogP contribution in [0.4, 0.5) is 11.4 Å². The van der Waals surface area contributed by atoms with Gasteiger partial charge in [-0.25, -0.2) is 0 Å². The topological polar surface area (TPSA) is 38.3 Å². The minimum Gasteiger partial charge on any atom is -0.444 e. The second kappa shape index (κ2) is 10.0. The zero-order valence-electron chi connectivity index (χ0n) is 17.0. The van der Waals surface area contributed by atoms with Crippen molar-refractivity contribution in [2.24, 2.45) is 5.92 Å². The van der Waals surface area contributed by atoms with E-state index in [-0.39, 0.29) is 11.9 Å². The first-order chi connectivity index (χ1) is 14.5. The van der Waals surface area contributed by atoms with Crippen molar-refractivity contribution in [2.45, 2.75) is 25.9 Å². The van der Waals surface area contributed by atoms with Gasteiger partial charge in [0.15, 0.2) is 6.10 Å². The molecular formula is C26H24ClNO2. The molecule has 152 valence electrons. The van der Waals surface area contributed by atoms with Crippen molar-refractivity contribution in [3.63, 3.8) is 0 Å². The van der Waals surface area contributed by atoms with E-state index in [4.69, 9.17) is 22.8 Å². The average molecular weight is 418 g/mol. The van der Waals surface area contributed by atoms with E-state index in [1.165, 1.54) is 0 Å². The first-order valence-electron chi connectivity index (χ1n) is 9.82. The summed E-state index contributed by atoms with van der Waals surface area (Å²) in [4.78, 5) is 13.0. The lowest BCUT2D eigenvalue weighted by atomic mass is 9.88. The molecule has 2 unspecified atom stereocenters. The normalized spacial score (nSPS) is 12.6. The predicted octanol–water partition coefficient (Wildman–Crippen LogP) is 6.74. The van der Waals surface area contributed by atoms with Crippen LogP contribution in [-0.4, -0.2) is 5.97 Å². The SMILES string of the molecule is C#CC(OC(=O)C(c1ccc(Cl)cc1)C(C)C)c1cccc(Nc2ccccc2)c1. The van der Waals surface area contributed by atoms with Gasteiger partial charge in [0.25, 0.3) is 0 Å². The number of carbonyl (C=O) groups is 1. The molecule has 0 spiro atoms. The number of terminal acetylenes is 1. The molecule has 0 aromatic heterocycles. The number of hydrogen-bond acceptors (Lipinski definition) is 3. The van der Waals surface area contributed by atoms with E-state index < -0.39 is 12.0 Å². The Morgan fingerprint density at radius 1 is 0.933 bits per heavy atom. The highest BCUT2D eigenvalue weighted by Crippen LogP contribution is 2.30. The summed E-state index contributed by atoms with van der Waals surface area (Å²) in [5, 5.41) is 3.95. The Balaban J connectivity index is 1.78. The van der Waals surface area contributed by atoms with Crippen molar-refractivity contribution in [3.05, 3.63) is 95.0 Å². The maximum atomic E-state index is 13.0. The molecule has 0 saturated heterocycles. The number of para-hydroxylation sites is 1. The summed E-state index contributed by atoms with van der Waals surface area (Å²) in [6.45, 7) is 3.96. The first kappa shape index (κ1) is 21.5. The van der Waals surface area contributed by atoms with E-state index in [2.05, 4.69) is 11.2 Å². The molecule has 0 aliphatic carbocycles. The Labute approximate surface area is 183 Å². The maximum absolute atomic E-state index is 13.0. The van der Waals surface area contributed by atoms with Gasteiger partial charge in [0.1, 0.15) is 0 Å². The summed E-state index contributed by atoms with van der Waals surface area (Å²) >= 11 is 5.99. The number of carbonyl (C=O) groups excluding carboxylic acids is 1. The van der Waals surface area contributed by atoms with Gasteiger partial charge in [-0.3, -0.25) is 4.79 Å². The van der Waals surface area contributed by atoms with Gasteiger partial charge in [0, 0.05) is 22.0 Å². The van der Waals surface area contributed by atoms with Crippen molar-refractivity contribution < 1.29 is 9.53 Å². The third-order valence-electron chi connectivity index (χ3n) is 4.79. The quantitative estimate of drug-likeness (QED) is 0.341. The lowest BCUT2D eigenvalue weighted by Crippen LogP contribution is -2.22. The van der Waals surface area contributed by atoms with Crippen molar-refractivity contribution in [3.8, 4) is 12.3 Å². The summed E-state index contributed by atoms with van der Waals surface area (Å²) in [7, 11) is 0. The van der Waals surface area contributed by atoms with Crippen molar-refractivity contribution in [1.82, 2.24) is 0 Å². The van der Waals surface area contributed by atoms with Crippen LogP contribution in [0.3, 0.4) is 0 Å². The molecule has 0 saturated carbocycles. The van der Waals surface area contributed by atoms with Gasteiger partial charge in [0.05, 0.1) is 5.92 Å². The number of nitrogens with one attached hydrogen (secondary N) is 1. The standard InChI is InChI=1S/C26H24ClNO2/c1-4-24(20-9-8-12-23(17-20)28-22-10-6-5-7-11-22)30-26(29)25(18(2)3)19-13-15-21(27)16-14-19/h1,5-18,24-25,28H,2-3H3. The molecule has 0 aliphatic heterocycles. The molecule has 3 nitrogen and oxygen atoms in total. The summed E-state index contributed by atoms with van der Waals surface area (Å²) in [5.74, 6) is 1.87. The van der Waals surface area contributed by atoms with E-state index >= 15 is 0 Å². The molecule has 0 aliphatic rings. The predicted molar refractivity (Wildman–Crippen MR) is 123 cm³/mol. The van der Waals surface area contributed by atoms with Gasteiger partial charge in [-0.05, 0) is 47.9 Å². The van der Waals surface area contributed by atoms with Crippen LogP contribution < -0.4 is 5.32 Å². The highest BCUT2D eigenvalue weighted by Gasteiger charge is 2.28. The summed E-state index contributed by atoms with van der Waals surface area (Å²) < 4.78 is 5.76. The molecule has 30 heavy (non-hydrogen) atoms. The number of ether oxygens (including phenoxy) is 1. The number of benzene rings is 3. The van der Waals surface area contributed by atoms with Crippen molar-refractivity contribution in [2.75, 3.05) is 5.32 Å². The third-order valence-corrected chi connectivity index (χ3v) is 5.04. The van der Waals surface area contributed by atoms with Crippen LogP contribution in [0.15, 0.2) is 78.9 Å². The third kappa shape index (κ3) is 5.43. The summed E-state index contributed by atoms with van der Waals surface area (Å²) in [5.41, 5.74) is 3.43. The van der Waals surface area contributed by atoms with Crippen LogP contribution in [0.2, 0.25) is 5.02 Å². The average Bonchev–Trinajstić information content (AvgIpc) is 2.74. The number of rotatable bonds is 7. The lowest BCUT2D eigenvalue weighted by molar-refractivity contribution is -0.149. The molecule has 2 atom stereocenters. The molecule has 0 fully saturated rings. The molecule has 1 N–H and O–H groups in total. The fourth-order valence-corrected chi connectivity index (χ4v) is 3.44. The van der Waals surface area contributed by atoms with Crippen LogP contribution in [0, 0.1) is 18.3 Å². The van der Waals surface area contributed by atoms with Crippen LogP contribution in [0.5, 0.6) is 0 Å².